The van der Waals surface area contributed by atoms with Crippen molar-refractivity contribution in [2.24, 2.45) is 0 Å². The molecule has 6 nitrogen and oxygen atoms in total. The van der Waals surface area contributed by atoms with E-state index < -0.39 is 24.0 Å². The number of carbonyl (C=O) groups excluding carboxylic acids is 1. The lowest BCUT2D eigenvalue weighted by Crippen LogP contribution is -2.40. The van der Waals surface area contributed by atoms with Crippen molar-refractivity contribution in [1.82, 2.24) is 4.90 Å². The maximum atomic E-state index is 11.9. The lowest BCUT2D eigenvalue weighted by molar-refractivity contribution is -0.141. The second kappa shape index (κ2) is 3.97. The smallest absolute Gasteiger partial charge is 0.326 e. The molecule has 1 aliphatic rings. The molecule has 0 saturated carbocycles. The molecular formula is C10H11NO5. The third-order valence-electron chi connectivity index (χ3n) is 2.59. The number of aliphatic carboxylic acids is 1. The van der Waals surface area contributed by atoms with E-state index in [-0.39, 0.29) is 13.0 Å². The monoisotopic (exact) mass is 225 g/mol. The first kappa shape index (κ1) is 10.7. The van der Waals surface area contributed by atoms with Crippen LogP contribution in [-0.2, 0) is 4.79 Å². The fourth-order valence-corrected chi connectivity index (χ4v) is 1.82. The summed E-state index contributed by atoms with van der Waals surface area (Å²) in [7, 11) is 0. The standard InChI is InChI=1S/C10H11NO5/c12-7-3-8(10(14)15)11(4-7)9(13)6-1-2-16-5-6/h1-2,5,7-8,12H,3-4H2,(H,14,15). The first-order chi connectivity index (χ1) is 7.59. The van der Waals surface area contributed by atoms with Gasteiger partial charge in [-0.25, -0.2) is 4.79 Å². The number of amides is 1. The molecule has 6 heteroatoms. The quantitative estimate of drug-likeness (QED) is 0.735. The number of hydrogen-bond donors (Lipinski definition) is 2. The number of rotatable bonds is 2. The van der Waals surface area contributed by atoms with Crippen LogP contribution in [-0.4, -0.2) is 45.7 Å². The zero-order valence-electron chi connectivity index (χ0n) is 8.37. The van der Waals surface area contributed by atoms with Gasteiger partial charge in [0, 0.05) is 13.0 Å². The Hall–Kier alpha value is -1.82. The zero-order valence-corrected chi connectivity index (χ0v) is 8.37. The Morgan fingerprint density at radius 1 is 1.50 bits per heavy atom. The minimum absolute atomic E-state index is 0.0426. The maximum absolute atomic E-state index is 11.9. The predicted octanol–water partition coefficient (Wildman–Crippen LogP) is -0.0604. The fraction of sp³-hybridized carbons (Fsp3) is 0.400. The minimum atomic E-state index is -1.10. The highest BCUT2D eigenvalue weighted by Crippen LogP contribution is 2.20. The van der Waals surface area contributed by atoms with Gasteiger partial charge >= 0.3 is 5.97 Å². The SMILES string of the molecule is O=C(O)C1CC(O)CN1C(=O)c1ccoc1. The lowest BCUT2D eigenvalue weighted by atomic mass is 10.2. The molecule has 0 radical (unpaired) electrons. The average molecular weight is 225 g/mol. The van der Waals surface area contributed by atoms with E-state index in [9.17, 15) is 14.7 Å². The van der Waals surface area contributed by atoms with Crippen molar-refractivity contribution in [2.75, 3.05) is 6.54 Å². The van der Waals surface area contributed by atoms with Crippen molar-refractivity contribution in [3.05, 3.63) is 24.2 Å². The Labute approximate surface area is 91.1 Å². The van der Waals surface area contributed by atoms with E-state index in [1.165, 1.54) is 18.6 Å². The van der Waals surface area contributed by atoms with Crippen molar-refractivity contribution in [3.63, 3.8) is 0 Å². The molecular weight excluding hydrogens is 214 g/mol. The van der Waals surface area contributed by atoms with E-state index in [0.717, 1.165) is 4.90 Å². The molecule has 1 aromatic heterocycles. The van der Waals surface area contributed by atoms with Crippen molar-refractivity contribution in [1.29, 1.82) is 0 Å². The maximum Gasteiger partial charge on any atom is 0.326 e. The van der Waals surface area contributed by atoms with Crippen LogP contribution in [0.3, 0.4) is 0 Å². The number of hydrogen-bond acceptors (Lipinski definition) is 4. The van der Waals surface area contributed by atoms with Gasteiger partial charge in [0.15, 0.2) is 0 Å². The molecule has 0 spiro atoms. The molecule has 2 unspecified atom stereocenters. The number of carboxylic acid groups (broad SMARTS) is 1. The Balaban J connectivity index is 2.20. The number of aliphatic hydroxyl groups is 1. The predicted molar refractivity (Wildman–Crippen MR) is 51.8 cm³/mol. The Kier molecular flexibility index (Phi) is 2.66. The number of carboxylic acids is 1. The molecule has 1 aromatic rings. The number of β-amino-alcohol motifs (C(OH)–C–C–N with tert-alkyl or cyclic N) is 1. The second-order valence-corrected chi connectivity index (χ2v) is 3.71. The number of carbonyl (C=O) groups is 2. The third kappa shape index (κ3) is 1.79. The molecule has 1 aliphatic heterocycles. The van der Waals surface area contributed by atoms with Crippen molar-refractivity contribution < 1.29 is 24.2 Å². The van der Waals surface area contributed by atoms with Gasteiger partial charge in [-0.05, 0) is 6.07 Å². The average Bonchev–Trinajstić information content (AvgIpc) is 2.84. The minimum Gasteiger partial charge on any atom is -0.480 e. The van der Waals surface area contributed by atoms with Gasteiger partial charge in [-0.2, -0.15) is 0 Å². The number of nitrogens with zero attached hydrogens (tertiary/aromatic N) is 1. The molecule has 16 heavy (non-hydrogen) atoms. The largest absolute Gasteiger partial charge is 0.480 e. The summed E-state index contributed by atoms with van der Waals surface area (Å²) in [5.41, 5.74) is 0.292. The van der Waals surface area contributed by atoms with Gasteiger partial charge < -0.3 is 19.5 Å². The van der Waals surface area contributed by atoms with Crippen molar-refractivity contribution >= 4 is 11.9 Å². The zero-order chi connectivity index (χ0) is 11.7. The van der Waals surface area contributed by atoms with E-state index in [0.29, 0.717) is 5.56 Å². The first-order valence-corrected chi connectivity index (χ1v) is 4.83. The van der Waals surface area contributed by atoms with Crippen molar-refractivity contribution in [2.45, 2.75) is 18.6 Å². The molecule has 1 amide bonds. The summed E-state index contributed by atoms with van der Waals surface area (Å²) < 4.78 is 4.76. The van der Waals surface area contributed by atoms with Crippen LogP contribution in [0.25, 0.3) is 0 Å². The van der Waals surface area contributed by atoms with Gasteiger partial charge in [-0.15, -0.1) is 0 Å². The summed E-state index contributed by atoms with van der Waals surface area (Å²) in [4.78, 5) is 23.9. The second-order valence-electron chi connectivity index (χ2n) is 3.71. The lowest BCUT2D eigenvalue weighted by Gasteiger charge is -2.20. The molecule has 0 aromatic carbocycles. The van der Waals surface area contributed by atoms with Crippen LogP contribution in [0, 0.1) is 0 Å². The normalized spacial score (nSPS) is 24.7. The fourth-order valence-electron chi connectivity index (χ4n) is 1.82. The Morgan fingerprint density at radius 3 is 2.81 bits per heavy atom. The van der Waals surface area contributed by atoms with E-state index in [1.54, 1.807) is 0 Å². The van der Waals surface area contributed by atoms with Gasteiger partial charge in [-0.3, -0.25) is 4.79 Å². The highest BCUT2D eigenvalue weighted by Gasteiger charge is 2.39. The third-order valence-corrected chi connectivity index (χ3v) is 2.59. The van der Waals surface area contributed by atoms with Crippen LogP contribution >= 0.6 is 0 Å². The molecule has 1 fully saturated rings. The molecule has 86 valence electrons. The van der Waals surface area contributed by atoms with E-state index in [2.05, 4.69) is 0 Å². The number of aliphatic hydroxyl groups excluding tert-OH is 1. The van der Waals surface area contributed by atoms with Gasteiger partial charge in [-0.1, -0.05) is 0 Å². The first-order valence-electron chi connectivity index (χ1n) is 4.83. The van der Waals surface area contributed by atoms with Gasteiger partial charge in [0.2, 0.25) is 0 Å². The van der Waals surface area contributed by atoms with Gasteiger partial charge in [0.05, 0.1) is 17.9 Å². The number of furan rings is 1. The van der Waals surface area contributed by atoms with Crippen LogP contribution in [0.5, 0.6) is 0 Å². The summed E-state index contributed by atoms with van der Waals surface area (Å²) in [6.07, 6.45) is 1.89. The van der Waals surface area contributed by atoms with Gasteiger partial charge in [0.1, 0.15) is 12.3 Å². The summed E-state index contributed by atoms with van der Waals surface area (Å²) >= 11 is 0. The molecule has 2 rings (SSSR count). The van der Waals surface area contributed by atoms with Crippen molar-refractivity contribution in [3.8, 4) is 0 Å². The van der Waals surface area contributed by atoms with Crippen LogP contribution in [0.15, 0.2) is 23.0 Å². The van der Waals surface area contributed by atoms with E-state index >= 15 is 0 Å². The molecule has 1 saturated heterocycles. The van der Waals surface area contributed by atoms with Crippen LogP contribution in [0.4, 0.5) is 0 Å². The summed E-state index contributed by atoms with van der Waals surface area (Å²) in [5, 5.41) is 18.3. The van der Waals surface area contributed by atoms with Gasteiger partial charge in [0.25, 0.3) is 5.91 Å². The Bertz CT molecular complexity index is 399. The highest BCUT2D eigenvalue weighted by molar-refractivity contribution is 5.96. The molecule has 0 bridgehead atoms. The molecule has 2 atom stereocenters. The summed E-state index contributed by atoms with van der Waals surface area (Å²) in [5.74, 6) is -1.54. The van der Waals surface area contributed by atoms with Crippen LogP contribution in [0.2, 0.25) is 0 Å². The summed E-state index contributed by atoms with van der Waals surface area (Å²) in [6, 6.07) is 0.503. The highest BCUT2D eigenvalue weighted by atomic mass is 16.4. The molecule has 2 heterocycles. The Morgan fingerprint density at radius 2 is 2.25 bits per heavy atom. The van der Waals surface area contributed by atoms with E-state index in [4.69, 9.17) is 9.52 Å². The topological polar surface area (TPSA) is 91.0 Å². The number of likely N-dealkylation sites (tertiary alicyclic amines) is 1. The van der Waals surface area contributed by atoms with E-state index in [1.807, 2.05) is 0 Å². The summed E-state index contributed by atoms with van der Waals surface area (Å²) in [6.45, 7) is 0.0426. The van der Waals surface area contributed by atoms with Crippen LogP contribution < -0.4 is 0 Å². The van der Waals surface area contributed by atoms with Crippen LogP contribution in [0.1, 0.15) is 16.8 Å². The molecule has 0 aliphatic carbocycles. The molecule has 2 N–H and O–H groups in total.